The van der Waals surface area contributed by atoms with Gasteiger partial charge in [-0.2, -0.15) is 0 Å². The molecule has 3 aliphatic rings. The average molecular weight is 475 g/mol. The first-order chi connectivity index (χ1) is 17.0. The van der Waals surface area contributed by atoms with Gasteiger partial charge in [0, 0.05) is 57.1 Å². The molecule has 0 unspecified atom stereocenters. The van der Waals surface area contributed by atoms with Crippen LogP contribution in [0.5, 0.6) is 0 Å². The Labute approximate surface area is 205 Å². The number of aliphatic imine (C=N–C) groups is 1. The number of hydrogen-bond donors (Lipinski definition) is 1. The summed E-state index contributed by atoms with van der Waals surface area (Å²) in [6.07, 6.45) is 4.74. The minimum absolute atomic E-state index is 0.262. The van der Waals surface area contributed by atoms with Crippen LogP contribution in [0.2, 0.25) is 0 Å². The van der Waals surface area contributed by atoms with E-state index in [2.05, 4.69) is 26.9 Å². The fraction of sp³-hybridized carbons (Fsp3) is 0.370. The molecule has 182 valence electrons. The van der Waals surface area contributed by atoms with Crippen molar-refractivity contribution in [3.63, 3.8) is 0 Å². The van der Waals surface area contributed by atoms with Crippen LogP contribution in [0.25, 0.3) is 0 Å². The van der Waals surface area contributed by atoms with Crippen LogP contribution in [-0.4, -0.2) is 66.0 Å². The van der Waals surface area contributed by atoms with E-state index < -0.39 is 5.97 Å². The van der Waals surface area contributed by atoms with Crippen LogP contribution in [0.1, 0.15) is 40.7 Å². The molecular weight excluding hydrogens is 444 g/mol. The quantitative estimate of drug-likeness (QED) is 0.678. The molecule has 35 heavy (non-hydrogen) atoms. The van der Waals surface area contributed by atoms with Gasteiger partial charge in [-0.05, 0) is 53.8 Å². The minimum atomic E-state index is -0.931. The molecule has 1 amide bonds. The number of anilines is 1. The van der Waals surface area contributed by atoms with E-state index in [9.17, 15) is 9.59 Å². The summed E-state index contributed by atoms with van der Waals surface area (Å²) >= 11 is 0. The molecule has 0 saturated carbocycles. The lowest BCUT2D eigenvalue weighted by Crippen LogP contribution is -2.41. The summed E-state index contributed by atoms with van der Waals surface area (Å²) in [5.41, 5.74) is 5.66. The van der Waals surface area contributed by atoms with Crippen molar-refractivity contribution in [2.24, 2.45) is 4.99 Å². The fourth-order valence-corrected chi connectivity index (χ4v) is 4.81. The lowest BCUT2D eigenvalue weighted by Gasteiger charge is -2.34. The molecule has 1 fully saturated rings. The highest BCUT2D eigenvalue weighted by Crippen LogP contribution is 2.25. The molecule has 1 N–H and O–H groups in total. The van der Waals surface area contributed by atoms with Crippen molar-refractivity contribution < 1.29 is 19.4 Å². The van der Waals surface area contributed by atoms with Crippen molar-refractivity contribution in [2.75, 3.05) is 37.6 Å². The highest BCUT2D eigenvalue weighted by Gasteiger charge is 2.26. The number of nitrogens with zero attached hydrogens (tertiary/aromatic N) is 4. The molecule has 1 saturated heterocycles. The maximum atomic E-state index is 12.8. The molecule has 2 aromatic carbocycles. The average Bonchev–Trinajstić information content (AvgIpc) is 3.42. The van der Waals surface area contributed by atoms with Gasteiger partial charge in [0.2, 0.25) is 0 Å². The molecule has 0 aliphatic carbocycles. The van der Waals surface area contributed by atoms with Crippen LogP contribution < -0.4 is 4.90 Å². The van der Waals surface area contributed by atoms with E-state index >= 15 is 0 Å². The number of carbonyl (C=O) groups excluding carboxylic acids is 1. The Morgan fingerprint density at radius 2 is 1.63 bits per heavy atom. The second-order valence-electron chi connectivity index (χ2n) is 9.29. The van der Waals surface area contributed by atoms with Crippen LogP contribution in [0.15, 0.2) is 64.8 Å². The first kappa shape index (κ1) is 23.0. The maximum Gasteiger partial charge on any atom is 0.410 e. The van der Waals surface area contributed by atoms with Crippen molar-refractivity contribution in [1.82, 2.24) is 9.80 Å². The lowest BCUT2D eigenvalue weighted by molar-refractivity contribution is 0.0696. The third-order valence-electron chi connectivity index (χ3n) is 6.79. The summed E-state index contributed by atoms with van der Waals surface area (Å²) in [5, 5.41) is 9.07. The zero-order valence-corrected chi connectivity index (χ0v) is 19.7. The summed E-state index contributed by atoms with van der Waals surface area (Å²) < 4.78 is 5.62. The van der Waals surface area contributed by atoms with E-state index in [0.29, 0.717) is 32.6 Å². The Hall–Kier alpha value is -3.81. The van der Waals surface area contributed by atoms with Gasteiger partial charge in [0.15, 0.2) is 0 Å². The van der Waals surface area contributed by atoms with E-state index in [4.69, 9.17) is 9.84 Å². The van der Waals surface area contributed by atoms with Crippen molar-refractivity contribution in [1.29, 1.82) is 0 Å². The predicted octanol–water partition coefficient (Wildman–Crippen LogP) is 4.13. The summed E-state index contributed by atoms with van der Waals surface area (Å²) in [7, 11) is 0. The van der Waals surface area contributed by atoms with Crippen LogP contribution in [-0.2, 0) is 17.9 Å². The summed E-state index contributed by atoms with van der Waals surface area (Å²) in [4.78, 5) is 34.6. The van der Waals surface area contributed by atoms with Crippen molar-refractivity contribution in [2.45, 2.75) is 32.4 Å². The van der Waals surface area contributed by atoms with E-state index in [1.807, 2.05) is 30.6 Å². The van der Waals surface area contributed by atoms with E-state index in [1.165, 1.54) is 18.5 Å². The lowest BCUT2D eigenvalue weighted by atomic mass is 10.0. The third-order valence-corrected chi connectivity index (χ3v) is 6.79. The molecule has 0 atom stereocenters. The van der Waals surface area contributed by atoms with E-state index in [0.717, 1.165) is 35.5 Å². The first-order valence-electron chi connectivity index (χ1n) is 12.1. The predicted molar refractivity (Wildman–Crippen MR) is 134 cm³/mol. The van der Waals surface area contributed by atoms with Gasteiger partial charge in [-0.1, -0.05) is 24.3 Å². The van der Waals surface area contributed by atoms with Gasteiger partial charge >= 0.3 is 12.1 Å². The topological polar surface area (TPSA) is 85.7 Å². The van der Waals surface area contributed by atoms with Crippen LogP contribution >= 0.6 is 0 Å². The Balaban J connectivity index is 1.12. The monoisotopic (exact) mass is 474 g/mol. The molecule has 5 rings (SSSR count). The Morgan fingerprint density at radius 3 is 2.34 bits per heavy atom. The van der Waals surface area contributed by atoms with Crippen molar-refractivity contribution in [3.8, 4) is 0 Å². The van der Waals surface area contributed by atoms with Crippen LogP contribution in [0, 0.1) is 0 Å². The number of benzene rings is 2. The third kappa shape index (κ3) is 5.48. The maximum absolute atomic E-state index is 12.8. The van der Waals surface area contributed by atoms with E-state index in [1.54, 1.807) is 17.0 Å². The zero-order chi connectivity index (χ0) is 24.2. The molecule has 3 heterocycles. The fourth-order valence-electron chi connectivity index (χ4n) is 4.81. The summed E-state index contributed by atoms with van der Waals surface area (Å²) in [5.74, 6) is -0.931. The standard InChI is InChI=1S/C27H30N4O4/c32-26(33)22-7-3-20(4-8-22)15-29-16-23-17-31(14-11-25(23)28-19-29)27(34)35-18-21-5-9-24(10-6-21)30-12-1-2-13-30/h3-10,19H,1-2,11-18H2,(H,32,33). The van der Waals surface area contributed by atoms with Crippen LogP contribution in [0.3, 0.4) is 0 Å². The van der Waals surface area contributed by atoms with Crippen LogP contribution in [0.4, 0.5) is 10.5 Å². The Bertz CT molecular complexity index is 1130. The van der Waals surface area contributed by atoms with Crippen molar-refractivity contribution >= 4 is 24.1 Å². The molecule has 0 aromatic heterocycles. The Morgan fingerprint density at radius 1 is 0.914 bits per heavy atom. The summed E-state index contributed by atoms with van der Waals surface area (Å²) in [6, 6.07) is 15.2. The number of carbonyl (C=O) groups is 2. The number of rotatable bonds is 6. The van der Waals surface area contributed by atoms with Gasteiger partial charge in [0.1, 0.15) is 6.61 Å². The van der Waals surface area contributed by atoms with Crippen molar-refractivity contribution in [3.05, 3.63) is 76.5 Å². The van der Waals surface area contributed by atoms with Gasteiger partial charge in [0.05, 0.1) is 11.9 Å². The minimum Gasteiger partial charge on any atom is -0.478 e. The van der Waals surface area contributed by atoms with Gasteiger partial charge in [-0.25, -0.2) is 14.6 Å². The number of carboxylic acids is 1. The highest BCUT2D eigenvalue weighted by atomic mass is 16.6. The molecule has 3 aliphatic heterocycles. The normalized spacial score (nSPS) is 17.5. The molecular formula is C27H30N4O4. The molecule has 8 heteroatoms. The number of carboxylic acid groups (broad SMARTS) is 1. The number of aromatic carboxylic acids is 1. The highest BCUT2D eigenvalue weighted by molar-refractivity contribution is 5.87. The second kappa shape index (κ2) is 10.2. The van der Waals surface area contributed by atoms with Gasteiger partial charge < -0.3 is 24.5 Å². The molecule has 0 bridgehead atoms. The first-order valence-corrected chi connectivity index (χ1v) is 12.1. The van der Waals surface area contributed by atoms with Gasteiger partial charge in [-0.15, -0.1) is 0 Å². The molecule has 2 aromatic rings. The van der Waals surface area contributed by atoms with Gasteiger partial charge in [-0.3, -0.25) is 0 Å². The largest absolute Gasteiger partial charge is 0.478 e. The molecule has 8 nitrogen and oxygen atoms in total. The number of amides is 1. The molecule has 0 spiro atoms. The summed E-state index contributed by atoms with van der Waals surface area (Å²) in [6.45, 7) is 4.89. The SMILES string of the molecule is O=C(O)c1ccc(CN2C=NC3=C(C2)CN(C(=O)OCc2ccc(N4CCCC4)cc2)CC3)cc1. The second-order valence-corrected chi connectivity index (χ2v) is 9.29. The number of hydrogen-bond acceptors (Lipinski definition) is 6. The van der Waals surface area contributed by atoms with Gasteiger partial charge in [0.25, 0.3) is 0 Å². The molecule has 0 radical (unpaired) electrons. The smallest absolute Gasteiger partial charge is 0.410 e. The zero-order valence-electron chi connectivity index (χ0n) is 19.7. The Kier molecular flexibility index (Phi) is 6.70. The van der Waals surface area contributed by atoms with E-state index in [-0.39, 0.29) is 18.3 Å². The number of ether oxygens (including phenoxy) is 1.